The van der Waals surface area contributed by atoms with Crippen LogP contribution in [-0.2, 0) is 34.7 Å². The number of amides is 3. The molecule has 3 saturated carbocycles. The third-order valence-electron chi connectivity index (χ3n) is 12.0. The predicted molar refractivity (Wildman–Crippen MR) is 221 cm³/mol. The van der Waals surface area contributed by atoms with Crippen molar-refractivity contribution in [3.63, 3.8) is 0 Å². The second kappa shape index (κ2) is 17.2. The first kappa shape index (κ1) is 45.5. The molecule has 15 heteroatoms. The number of nitrogens with zero attached hydrogens (tertiary/aromatic N) is 2. The zero-order valence-electron chi connectivity index (χ0n) is 37.2. The number of carbonyl (C=O) groups excluding carboxylic acids is 4. The lowest BCUT2D eigenvalue weighted by Crippen LogP contribution is -2.65. The van der Waals surface area contributed by atoms with Crippen LogP contribution in [0.3, 0.4) is 0 Å². The smallest absolute Gasteiger partial charge is 0.482 e. The van der Waals surface area contributed by atoms with Gasteiger partial charge in [-0.25, -0.2) is 14.4 Å². The lowest BCUT2D eigenvalue weighted by molar-refractivity contribution is -0.199. The van der Waals surface area contributed by atoms with E-state index < -0.39 is 53.6 Å². The monoisotopic (exact) mass is 813 g/mol. The van der Waals surface area contributed by atoms with E-state index in [1.165, 1.54) is 7.11 Å². The number of rotatable bonds is 12. The van der Waals surface area contributed by atoms with Crippen molar-refractivity contribution in [2.24, 2.45) is 17.3 Å². The molecule has 2 saturated heterocycles. The van der Waals surface area contributed by atoms with Crippen molar-refractivity contribution in [1.82, 2.24) is 20.4 Å². The van der Waals surface area contributed by atoms with Crippen LogP contribution in [0.4, 0.5) is 9.59 Å². The average molecular weight is 813 g/mol. The number of methoxy groups -OCH3 is 1. The van der Waals surface area contributed by atoms with Crippen LogP contribution in [0.2, 0.25) is 0 Å². The maximum atomic E-state index is 14.0. The SMILES string of the molecule is COc1c(CC(NC(=O)CN2CCC(N(CCNC(=O)OC(C)(C)C)C(=O)OC(C)(C)C)CC2)B2OC3CC4CC(C4(C)C)C3(C)O2)cccc1C(=O)OC(C)(C)C. The Morgan fingerprint density at radius 2 is 1.57 bits per heavy atom. The topological polar surface area (TPSA) is 154 Å². The summed E-state index contributed by atoms with van der Waals surface area (Å²) in [6, 6.07) is 5.22. The molecule has 5 unspecified atom stereocenters. The molecule has 324 valence electrons. The molecule has 6 rings (SSSR count). The van der Waals surface area contributed by atoms with Crippen LogP contribution in [0.5, 0.6) is 5.75 Å². The highest BCUT2D eigenvalue weighted by Gasteiger charge is 2.68. The van der Waals surface area contributed by atoms with Gasteiger partial charge < -0.3 is 43.8 Å². The van der Waals surface area contributed by atoms with Crippen LogP contribution < -0.4 is 15.4 Å². The highest BCUT2D eigenvalue weighted by Crippen LogP contribution is 2.65. The summed E-state index contributed by atoms with van der Waals surface area (Å²) in [6.45, 7) is 24.8. The number of piperidine rings is 1. The molecule has 2 bridgehead atoms. The number of hydrogen-bond acceptors (Lipinski definition) is 11. The number of hydrogen-bond donors (Lipinski definition) is 2. The van der Waals surface area contributed by atoms with Gasteiger partial charge in [-0.1, -0.05) is 26.0 Å². The number of nitrogens with one attached hydrogen (secondary N) is 2. The molecule has 1 aromatic carbocycles. The lowest BCUT2D eigenvalue weighted by atomic mass is 9.43. The van der Waals surface area contributed by atoms with Crippen LogP contribution in [0.1, 0.15) is 125 Å². The molecule has 5 fully saturated rings. The maximum absolute atomic E-state index is 14.0. The van der Waals surface area contributed by atoms with Crippen LogP contribution in [0.25, 0.3) is 0 Å². The number of esters is 1. The number of ether oxygens (including phenoxy) is 4. The van der Waals surface area contributed by atoms with Crippen molar-refractivity contribution in [1.29, 1.82) is 0 Å². The van der Waals surface area contributed by atoms with Crippen LogP contribution in [0, 0.1) is 17.3 Å². The predicted octanol–water partition coefficient (Wildman–Crippen LogP) is 6.17. The van der Waals surface area contributed by atoms with E-state index in [2.05, 4.69) is 36.3 Å². The quantitative estimate of drug-likeness (QED) is 0.142. The molecule has 2 N–H and O–H groups in total. The number of para-hydroxylation sites is 1. The van der Waals surface area contributed by atoms with Gasteiger partial charge in [-0.05, 0) is 130 Å². The molecule has 3 aliphatic carbocycles. The highest BCUT2D eigenvalue weighted by molar-refractivity contribution is 6.48. The fraction of sp³-hybridized carbons (Fsp3) is 0.767. The fourth-order valence-electron chi connectivity index (χ4n) is 9.18. The number of carbonyl (C=O) groups is 4. The van der Waals surface area contributed by atoms with Crippen molar-refractivity contribution < 1.29 is 47.4 Å². The fourth-order valence-corrected chi connectivity index (χ4v) is 9.18. The van der Waals surface area contributed by atoms with Crippen molar-refractivity contribution in [2.45, 2.75) is 156 Å². The molecule has 0 radical (unpaired) electrons. The summed E-state index contributed by atoms with van der Waals surface area (Å²) < 4.78 is 36.2. The molecule has 1 aromatic rings. The Labute approximate surface area is 346 Å². The first-order valence-corrected chi connectivity index (χ1v) is 21.0. The van der Waals surface area contributed by atoms with E-state index in [1.807, 2.05) is 47.6 Å². The molecule has 3 amide bonds. The first-order valence-electron chi connectivity index (χ1n) is 21.0. The summed E-state index contributed by atoms with van der Waals surface area (Å²) >= 11 is 0. The molecule has 0 spiro atoms. The van der Waals surface area contributed by atoms with Gasteiger partial charge in [-0.2, -0.15) is 0 Å². The van der Waals surface area contributed by atoms with E-state index in [4.69, 9.17) is 28.3 Å². The van der Waals surface area contributed by atoms with Gasteiger partial charge in [0, 0.05) is 32.2 Å². The standard InChI is InChI=1S/C43H69BN4O10/c1-39(2,3)54-36(50)30-16-14-15-27(35(30)53-13)23-33(44-57-32-25-28-24-31(42(28,10)11)43(32,12)58-44)46-34(49)26-47-20-17-29(18-21-47)48(38(52)56-41(7,8)9)22-19-45-37(51)55-40(4,5)6/h14-16,28-29,31-33H,17-26H2,1-13H3,(H,45,51)(H,46,49). The Morgan fingerprint density at radius 3 is 2.16 bits per heavy atom. The van der Waals surface area contributed by atoms with E-state index >= 15 is 0 Å². The molecule has 5 aliphatic rings. The van der Waals surface area contributed by atoms with Gasteiger partial charge in [0.15, 0.2) is 0 Å². The van der Waals surface area contributed by atoms with Crippen LogP contribution in [0.15, 0.2) is 18.2 Å². The number of alkyl carbamates (subject to hydrolysis) is 1. The normalized spacial score (nSPS) is 25.1. The van der Waals surface area contributed by atoms with Crippen molar-refractivity contribution in [3.8, 4) is 5.75 Å². The molecule has 14 nitrogen and oxygen atoms in total. The maximum Gasteiger partial charge on any atom is 0.482 e. The Balaban J connectivity index is 1.28. The van der Waals surface area contributed by atoms with E-state index in [9.17, 15) is 19.2 Å². The van der Waals surface area contributed by atoms with E-state index in [-0.39, 0.29) is 43.1 Å². The van der Waals surface area contributed by atoms with Crippen molar-refractivity contribution >= 4 is 31.2 Å². The number of benzene rings is 1. The third kappa shape index (κ3) is 11.0. The summed E-state index contributed by atoms with van der Waals surface area (Å²) in [5.74, 6) is 0.0214. The molecule has 5 atom stereocenters. The summed E-state index contributed by atoms with van der Waals surface area (Å²) in [7, 11) is 0.810. The zero-order valence-corrected chi connectivity index (χ0v) is 37.2. The van der Waals surface area contributed by atoms with Gasteiger partial charge in [-0.15, -0.1) is 0 Å². The minimum atomic E-state index is -0.716. The first-order chi connectivity index (χ1) is 26.8. The van der Waals surface area contributed by atoms with Gasteiger partial charge in [0.25, 0.3) is 0 Å². The van der Waals surface area contributed by atoms with Gasteiger partial charge in [0.2, 0.25) is 5.91 Å². The zero-order chi connectivity index (χ0) is 43.0. The van der Waals surface area contributed by atoms with E-state index in [0.717, 1.165) is 18.4 Å². The van der Waals surface area contributed by atoms with E-state index in [0.29, 0.717) is 55.5 Å². The molecule has 58 heavy (non-hydrogen) atoms. The Morgan fingerprint density at radius 1 is 0.931 bits per heavy atom. The van der Waals surface area contributed by atoms with Gasteiger partial charge in [-0.3, -0.25) is 9.69 Å². The van der Waals surface area contributed by atoms with Gasteiger partial charge >= 0.3 is 25.3 Å². The Hall–Kier alpha value is -3.56. The molecular formula is C43H69BN4O10. The summed E-state index contributed by atoms with van der Waals surface area (Å²) in [4.78, 5) is 56.7. The van der Waals surface area contributed by atoms with Crippen molar-refractivity contribution in [3.05, 3.63) is 29.3 Å². The second-order valence-corrected chi connectivity index (χ2v) is 20.3. The minimum Gasteiger partial charge on any atom is -0.496 e. The molecule has 2 aliphatic heterocycles. The minimum absolute atomic E-state index is 0.0880. The van der Waals surface area contributed by atoms with Gasteiger partial charge in [0.05, 0.1) is 31.3 Å². The van der Waals surface area contributed by atoms with Crippen LogP contribution in [-0.4, -0.2) is 121 Å². The Kier molecular flexibility index (Phi) is 13.5. The van der Waals surface area contributed by atoms with E-state index in [1.54, 1.807) is 37.8 Å². The summed E-state index contributed by atoms with van der Waals surface area (Å²) in [5.41, 5.74) is -1.34. The third-order valence-corrected chi connectivity index (χ3v) is 12.0. The van der Waals surface area contributed by atoms with Crippen LogP contribution >= 0.6 is 0 Å². The highest BCUT2D eigenvalue weighted by atomic mass is 16.7. The Bertz CT molecular complexity index is 1660. The lowest BCUT2D eigenvalue weighted by Gasteiger charge is -2.64. The van der Waals surface area contributed by atoms with Crippen molar-refractivity contribution in [2.75, 3.05) is 39.8 Å². The second-order valence-electron chi connectivity index (χ2n) is 20.3. The molecular weight excluding hydrogens is 743 g/mol. The molecule has 0 aromatic heterocycles. The average Bonchev–Trinajstić information content (AvgIpc) is 3.45. The molecule has 2 heterocycles. The van der Waals surface area contributed by atoms with Gasteiger partial charge in [0.1, 0.15) is 28.1 Å². The summed E-state index contributed by atoms with van der Waals surface area (Å²) in [5, 5.41) is 6.01. The summed E-state index contributed by atoms with van der Waals surface area (Å²) in [6.07, 6.45) is 2.44. The largest absolute Gasteiger partial charge is 0.496 e. The number of likely N-dealkylation sites (tertiary alicyclic amines) is 1.